The van der Waals surface area contributed by atoms with Gasteiger partial charge in [-0.2, -0.15) is 0 Å². The lowest BCUT2D eigenvalue weighted by Gasteiger charge is -2.34. The van der Waals surface area contributed by atoms with Gasteiger partial charge in [0.05, 0.1) is 49.1 Å². The number of carbonyl (C=O) groups excluding carboxylic acids is 2. The van der Waals surface area contributed by atoms with Gasteiger partial charge in [0.2, 0.25) is 11.8 Å². The van der Waals surface area contributed by atoms with Crippen LogP contribution in [-0.4, -0.2) is 72.2 Å². The van der Waals surface area contributed by atoms with Crippen LogP contribution in [0.25, 0.3) is 0 Å². The van der Waals surface area contributed by atoms with Gasteiger partial charge in [-0.25, -0.2) is 8.42 Å². The highest BCUT2D eigenvalue weighted by atomic mass is 35.5. The van der Waals surface area contributed by atoms with Crippen LogP contribution in [0.2, 0.25) is 10.0 Å². The SMILES string of the molecule is CC[C@H](C)NC(=O)[C@H](CC)N(Cc1ccc(Cl)c(Cl)c1)C(=O)CN(c1cc(OC)ccc1OC)S(=O)(=O)c1ccc(OC)c(OC)c1. The Balaban J connectivity index is 2.21. The quantitative estimate of drug-likeness (QED) is 0.194. The number of methoxy groups -OCH3 is 4. The van der Waals surface area contributed by atoms with Crippen molar-refractivity contribution in [2.24, 2.45) is 0 Å². The number of amides is 2. The molecule has 3 rings (SSSR count). The van der Waals surface area contributed by atoms with E-state index in [-0.39, 0.29) is 52.0 Å². The summed E-state index contributed by atoms with van der Waals surface area (Å²) in [5.74, 6) is -0.0434. The maximum atomic E-state index is 14.5. The maximum Gasteiger partial charge on any atom is 0.265 e. The van der Waals surface area contributed by atoms with E-state index in [4.69, 9.17) is 42.1 Å². The molecule has 2 atom stereocenters. The maximum absolute atomic E-state index is 14.5. The number of carbonyl (C=O) groups is 2. The first-order chi connectivity index (χ1) is 22.3. The second-order valence-corrected chi connectivity index (χ2v) is 13.3. The van der Waals surface area contributed by atoms with Gasteiger partial charge in [-0.1, -0.05) is 43.1 Å². The third kappa shape index (κ3) is 8.94. The average Bonchev–Trinajstić information content (AvgIpc) is 3.07. The summed E-state index contributed by atoms with van der Waals surface area (Å²) in [6.07, 6.45) is 0.927. The predicted octanol–water partition coefficient (Wildman–Crippen LogP) is 5.95. The molecule has 14 heteroatoms. The monoisotopic (exact) mass is 709 g/mol. The van der Waals surface area contributed by atoms with Gasteiger partial charge < -0.3 is 29.2 Å². The molecule has 0 bridgehead atoms. The first-order valence-electron chi connectivity index (χ1n) is 14.9. The number of hydrogen-bond donors (Lipinski definition) is 1. The summed E-state index contributed by atoms with van der Waals surface area (Å²) in [5, 5.41) is 3.54. The first kappa shape index (κ1) is 37.6. The number of rotatable bonds is 16. The molecule has 0 aliphatic rings. The Labute approximate surface area is 286 Å². The smallest absolute Gasteiger partial charge is 0.265 e. The number of ether oxygens (including phenoxy) is 4. The first-order valence-corrected chi connectivity index (χ1v) is 17.0. The molecule has 2 amide bonds. The largest absolute Gasteiger partial charge is 0.497 e. The Morgan fingerprint density at radius 1 is 0.809 bits per heavy atom. The summed E-state index contributed by atoms with van der Waals surface area (Å²) in [4.78, 5) is 29.2. The van der Waals surface area contributed by atoms with E-state index in [0.29, 0.717) is 28.5 Å². The van der Waals surface area contributed by atoms with Gasteiger partial charge in [0, 0.05) is 24.7 Å². The molecule has 3 aromatic rings. The number of nitrogens with zero attached hydrogens (tertiary/aromatic N) is 2. The molecule has 0 aliphatic carbocycles. The van der Waals surface area contributed by atoms with Crippen LogP contribution in [0.3, 0.4) is 0 Å². The molecule has 0 aliphatic heterocycles. The lowest BCUT2D eigenvalue weighted by molar-refractivity contribution is -0.140. The van der Waals surface area contributed by atoms with Gasteiger partial charge in [0.25, 0.3) is 10.0 Å². The molecule has 0 spiro atoms. The van der Waals surface area contributed by atoms with Crippen LogP contribution in [0.4, 0.5) is 5.69 Å². The molecule has 1 N–H and O–H groups in total. The minimum atomic E-state index is -4.48. The number of anilines is 1. The number of hydrogen-bond acceptors (Lipinski definition) is 8. The van der Waals surface area contributed by atoms with Gasteiger partial charge >= 0.3 is 0 Å². The molecule has 0 heterocycles. The van der Waals surface area contributed by atoms with Crippen molar-refractivity contribution in [1.82, 2.24) is 10.2 Å². The summed E-state index contributed by atoms with van der Waals surface area (Å²) in [5.41, 5.74) is 0.636. The van der Waals surface area contributed by atoms with E-state index >= 15 is 0 Å². The Morgan fingerprint density at radius 2 is 1.47 bits per heavy atom. The van der Waals surface area contributed by atoms with E-state index in [2.05, 4.69) is 5.32 Å². The summed E-state index contributed by atoms with van der Waals surface area (Å²) in [6, 6.07) is 12.5. The van der Waals surface area contributed by atoms with E-state index in [1.807, 2.05) is 13.8 Å². The van der Waals surface area contributed by atoms with Crippen LogP contribution >= 0.6 is 23.2 Å². The number of nitrogens with one attached hydrogen (secondary N) is 1. The molecule has 0 saturated heterocycles. The van der Waals surface area contributed by atoms with Gasteiger partial charge in [-0.05, 0) is 61.7 Å². The second kappa shape index (κ2) is 16.8. The third-order valence-corrected chi connectivity index (χ3v) is 10.1. The highest BCUT2D eigenvalue weighted by Crippen LogP contribution is 2.38. The summed E-state index contributed by atoms with van der Waals surface area (Å²) < 4.78 is 51.5. The lowest BCUT2D eigenvalue weighted by Crippen LogP contribution is -2.53. The van der Waals surface area contributed by atoms with E-state index in [9.17, 15) is 18.0 Å². The van der Waals surface area contributed by atoms with Crippen LogP contribution in [0, 0.1) is 0 Å². The summed E-state index contributed by atoms with van der Waals surface area (Å²) >= 11 is 12.4. The highest BCUT2D eigenvalue weighted by Gasteiger charge is 2.35. The van der Waals surface area contributed by atoms with Gasteiger partial charge in [-0.3, -0.25) is 13.9 Å². The minimum absolute atomic E-state index is 0.0431. The van der Waals surface area contributed by atoms with Crippen LogP contribution in [0.1, 0.15) is 39.2 Å². The van der Waals surface area contributed by atoms with Crippen LogP contribution < -0.4 is 28.6 Å². The van der Waals surface area contributed by atoms with Crippen molar-refractivity contribution in [2.45, 2.75) is 57.1 Å². The molecule has 0 aromatic heterocycles. The molecular formula is C33H41Cl2N3O8S. The minimum Gasteiger partial charge on any atom is -0.497 e. The lowest BCUT2D eigenvalue weighted by atomic mass is 10.1. The predicted molar refractivity (Wildman–Crippen MR) is 183 cm³/mol. The molecule has 0 fully saturated rings. The Morgan fingerprint density at radius 3 is 2.04 bits per heavy atom. The van der Waals surface area contributed by atoms with E-state index < -0.39 is 28.5 Å². The zero-order valence-corrected chi connectivity index (χ0v) is 29.8. The molecular weight excluding hydrogens is 669 g/mol. The standard InChI is InChI=1S/C33H41Cl2N3O8S/c1-8-21(3)36-33(40)27(9-2)37(19-22-10-13-25(34)26(35)16-22)32(39)20-38(28-17-23(43-4)11-14-29(28)44-5)47(41,42)24-12-15-30(45-6)31(18-24)46-7/h10-18,21,27H,8-9,19-20H2,1-7H3,(H,36,40)/t21-,27-/m0/s1. The van der Waals surface area contributed by atoms with Gasteiger partial charge in [0.15, 0.2) is 11.5 Å². The highest BCUT2D eigenvalue weighted by molar-refractivity contribution is 7.92. The van der Waals surface area contributed by atoms with Crippen molar-refractivity contribution in [3.05, 3.63) is 70.2 Å². The van der Waals surface area contributed by atoms with Crippen LogP contribution in [0.15, 0.2) is 59.5 Å². The average molecular weight is 711 g/mol. The fourth-order valence-corrected chi connectivity index (χ4v) is 6.56. The van der Waals surface area contributed by atoms with Crippen LogP contribution in [0.5, 0.6) is 23.0 Å². The van der Waals surface area contributed by atoms with Crippen molar-refractivity contribution in [3.8, 4) is 23.0 Å². The Hall–Kier alpha value is -3.87. The van der Waals surface area contributed by atoms with Gasteiger partial charge in [-0.15, -0.1) is 0 Å². The van der Waals surface area contributed by atoms with Gasteiger partial charge in [0.1, 0.15) is 24.1 Å². The molecule has 0 saturated carbocycles. The third-order valence-electron chi connectivity index (χ3n) is 7.60. The van der Waals surface area contributed by atoms with E-state index in [0.717, 1.165) is 4.31 Å². The van der Waals surface area contributed by atoms with E-state index in [1.165, 1.54) is 63.7 Å². The number of sulfonamides is 1. The second-order valence-electron chi connectivity index (χ2n) is 10.6. The van der Waals surface area contributed by atoms with Crippen molar-refractivity contribution in [1.29, 1.82) is 0 Å². The van der Waals surface area contributed by atoms with E-state index in [1.54, 1.807) is 31.2 Å². The molecule has 47 heavy (non-hydrogen) atoms. The number of benzene rings is 3. The Bertz CT molecular complexity index is 1670. The van der Waals surface area contributed by atoms with Crippen molar-refractivity contribution in [3.63, 3.8) is 0 Å². The molecule has 3 aromatic carbocycles. The summed E-state index contributed by atoms with van der Waals surface area (Å²) in [7, 11) is 1.16. The summed E-state index contributed by atoms with van der Waals surface area (Å²) in [6.45, 7) is 4.82. The fourth-order valence-electron chi connectivity index (χ4n) is 4.80. The van der Waals surface area contributed by atoms with Crippen molar-refractivity contribution < 1.29 is 37.0 Å². The zero-order chi connectivity index (χ0) is 34.9. The van der Waals surface area contributed by atoms with Crippen molar-refractivity contribution >= 4 is 50.7 Å². The fraction of sp³-hybridized carbons (Fsp3) is 0.394. The molecule has 11 nitrogen and oxygen atoms in total. The zero-order valence-electron chi connectivity index (χ0n) is 27.5. The molecule has 0 unspecified atom stereocenters. The number of halogens is 2. The van der Waals surface area contributed by atoms with Crippen molar-refractivity contribution in [2.75, 3.05) is 39.3 Å². The Kier molecular flexibility index (Phi) is 13.4. The topological polar surface area (TPSA) is 124 Å². The van der Waals surface area contributed by atoms with Crippen LogP contribution in [-0.2, 0) is 26.2 Å². The molecule has 256 valence electrons. The molecule has 0 radical (unpaired) electrons. The normalized spacial score (nSPS) is 12.4.